The molecule has 1 fully saturated rings. The SMILES string of the molecule is N#Cc1ccc(N2C(=O)C(Nc3ccc(N4CCCCC4)cc3)=C(c3ccccc3)C2=O)cc1. The molecule has 6 nitrogen and oxygen atoms in total. The Hall–Kier alpha value is -4.37. The molecule has 6 heteroatoms. The Labute approximate surface area is 198 Å². The number of amides is 2. The van der Waals surface area contributed by atoms with Crippen LogP contribution >= 0.6 is 0 Å². The van der Waals surface area contributed by atoms with Gasteiger partial charge in [0.25, 0.3) is 11.8 Å². The number of nitriles is 1. The highest BCUT2D eigenvalue weighted by atomic mass is 16.2. The van der Waals surface area contributed by atoms with Crippen molar-refractivity contribution < 1.29 is 9.59 Å². The molecule has 2 aliphatic rings. The predicted molar refractivity (Wildman–Crippen MR) is 133 cm³/mol. The lowest BCUT2D eigenvalue weighted by Gasteiger charge is -2.28. The lowest BCUT2D eigenvalue weighted by atomic mass is 10.0. The van der Waals surface area contributed by atoms with E-state index in [4.69, 9.17) is 5.26 Å². The van der Waals surface area contributed by atoms with E-state index in [0.717, 1.165) is 29.4 Å². The number of anilines is 3. The number of benzene rings is 3. The van der Waals surface area contributed by atoms with E-state index in [9.17, 15) is 9.59 Å². The molecule has 3 aromatic rings. The zero-order valence-electron chi connectivity index (χ0n) is 18.7. The molecule has 0 atom stereocenters. The van der Waals surface area contributed by atoms with E-state index in [2.05, 4.69) is 28.4 Å². The molecule has 0 radical (unpaired) electrons. The van der Waals surface area contributed by atoms with Crippen molar-refractivity contribution in [3.63, 3.8) is 0 Å². The number of piperidine rings is 1. The third kappa shape index (κ3) is 4.04. The quantitative estimate of drug-likeness (QED) is 0.559. The van der Waals surface area contributed by atoms with Crippen LogP contribution in [0.1, 0.15) is 30.4 Å². The lowest BCUT2D eigenvalue weighted by molar-refractivity contribution is -0.120. The molecular weight excluding hydrogens is 424 g/mol. The molecule has 0 aliphatic carbocycles. The number of nitrogens with zero attached hydrogens (tertiary/aromatic N) is 3. The van der Waals surface area contributed by atoms with Gasteiger partial charge in [0.1, 0.15) is 5.70 Å². The average Bonchev–Trinajstić information content (AvgIpc) is 3.14. The summed E-state index contributed by atoms with van der Waals surface area (Å²) in [6, 6.07) is 25.7. The molecule has 168 valence electrons. The Morgan fingerprint density at radius 3 is 2.03 bits per heavy atom. The van der Waals surface area contributed by atoms with Crippen LogP contribution < -0.4 is 15.1 Å². The summed E-state index contributed by atoms with van der Waals surface area (Å²) in [5, 5.41) is 12.3. The van der Waals surface area contributed by atoms with Crippen molar-refractivity contribution in [3.8, 4) is 6.07 Å². The molecule has 0 spiro atoms. The maximum atomic E-state index is 13.5. The number of imide groups is 1. The van der Waals surface area contributed by atoms with Gasteiger partial charge < -0.3 is 10.2 Å². The first-order chi connectivity index (χ1) is 16.7. The minimum absolute atomic E-state index is 0.242. The number of nitrogens with one attached hydrogen (secondary N) is 1. The van der Waals surface area contributed by atoms with Gasteiger partial charge in [-0.25, -0.2) is 4.90 Å². The molecule has 0 aromatic heterocycles. The number of carbonyl (C=O) groups excluding carboxylic acids is 2. The maximum Gasteiger partial charge on any atom is 0.282 e. The summed E-state index contributed by atoms with van der Waals surface area (Å²) < 4.78 is 0. The molecule has 0 saturated carbocycles. The predicted octanol–water partition coefficient (Wildman–Crippen LogP) is 4.95. The highest BCUT2D eigenvalue weighted by Gasteiger charge is 2.40. The van der Waals surface area contributed by atoms with Crippen LogP contribution in [0.15, 0.2) is 84.6 Å². The Bertz CT molecular complexity index is 1280. The van der Waals surface area contributed by atoms with Gasteiger partial charge in [-0.15, -0.1) is 0 Å². The molecule has 5 rings (SSSR count). The van der Waals surface area contributed by atoms with Gasteiger partial charge >= 0.3 is 0 Å². The van der Waals surface area contributed by atoms with E-state index in [1.165, 1.54) is 19.3 Å². The zero-order chi connectivity index (χ0) is 23.5. The fraction of sp³-hybridized carbons (Fsp3) is 0.179. The molecule has 0 unspecified atom stereocenters. The Kier molecular flexibility index (Phi) is 5.84. The average molecular weight is 449 g/mol. The summed E-state index contributed by atoms with van der Waals surface area (Å²) in [6.07, 6.45) is 3.68. The van der Waals surface area contributed by atoms with Crippen LogP contribution in [-0.4, -0.2) is 24.9 Å². The van der Waals surface area contributed by atoms with Crippen LogP contribution in [0.4, 0.5) is 17.1 Å². The number of carbonyl (C=O) groups is 2. The van der Waals surface area contributed by atoms with Crippen molar-refractivity contribution in [1.82, 2.24) is 0 Å². The normalized spacial score (nSPS) is 16.1. The Morgan fingerprint density at radius 2 is 1.38 bits per heavy atom. The van der Waals surface area contributed by atoms with E-state index in [1.54, 1.807) is 24.3 Å². The molecule has 34 heavy (non-hydrogen) atoms. The molecular formula is C28H24N4O2. The third-order valence-corrected chi connectivity index (χ3v) is 6.26. The number of hydrogen-bond donors (Lipinski definition) is 1. The van der Waals surface area contributed by atoms with Gasteiger partial charge in [0.05, 0.1) is 22.9 Å². The summed E-state index contributed by atoms with van der Waals surface area (Å²) in [5.41, 5.74) is 4.04. The van der Waals surface area contributed by atoms with Gasteiger partial charge in [0, 0.05) is 24.5 Å². The summed E-state index contributed by atoms with van der Waals surface area (Å²) in [4.78, 5) is 30.5. The first-order valence-electron chi connectivity index (χ1n) is 11.5. The largest absolute Gasteiger partial charge is 0.372 e. The van der Waals surface area contributed by atoms with Crippen LogP contribution in [0.2, 0.25) is 0 Å². The first kappa shape index (κ1) is 21.5. The summed E-state index contributed by atoms with van der Waals surface area (Å²) in [6.45, 7) is 2.12. The van der Waals surface area contributed by atoms with Crippen molar-refractivity contribution in [3.05, 3.63) is 95.7 Å². The maximum absolute atomic E-state index is 13.5. The van der Waals surface area contributed by atoms with E-state index in [0.29, 0.717) is 22.4 Å². The smallest absolute Gasteiger partial charge is 0.282 e. The van der Waals surface area contributed by atoms with Crippen molar-refractivity contribution in [2.24, 2.45) is 0 Å². The number of hydrogen-bond acceptors (Lipinski definition) is 5. The van der Waals surface area contributed by atoms with E-state index in [-0.39, 0.29) is 5.70 Å². The first-order valence-corrected chi connectivity index (χ1v) is 11.5. The van der Waals surface area contributed by atoms with E-state index >= 15 is 0 Å². The van der Waals surface area contributed by atoms with Crippen LogP contribution in [-0.2, 0) is 9.59 Å². The Balaban J connectivity index is 1.48. The molecule has 0 bridgehead atoms. The van der Waals surface area contributed by atoms with Crippen molar-refractivity contribution in [2.45, 2.75) is 19.3 Å². The molecule has 1 saturated heterocycles. The molecule has 3 aromatic carbocycles. The standard InChI is InChI=1S/C28H24N4O2/c29-19-20-9-13-24(14-10-20)32-27(33)25(21-7-3-1-4-8-21)26(28(32)34)30-22-11-15-23(16-12-22)31-17-5-2-6-18-31/h1,3-4,7-16,30H,2,5-6,17-18H2. The molecule has 2 heterocycles. The van der Waals surface area contributed by atoms with Gasteiger partial charge in [0.2, 0.25) is 0 Å². The van der Waals surface area contributed by atoms with Crippen molar-refractivity contribution in [2.75, 3.05) is 28.2 Å². The van der Waals surface area contributed by atoms with Gasteiger partial charge in [-0.3, -0.25) is 9.59 Å². The topological polar surface area (TPSA) is 76.4 Å². The van der Waals surface area contributed by atoms with E-state index in [1.807, 2.05) is 42.5 Å². The monoisotopic (exact) mass is 448 g/mol. The fourth-order valence-electron chi connectivity index (χ4n) is 4.49. The molecule has 1 N–H and O–H groups in total. The second-order valence-corrected chi connectivity index (χ2v) is 8.44. The highest BCUT2D eigenvalue weighted by Crippen LogP contribution is 2.34. The third-order valence-electron chi connectivity index (χ3n) is 6.26. The van der Waals surface area contributed by atoms with Gasteiger partial charge in [0.15, 0.2) is 0 Å². The lowest BCUT2D eigenvalue weighted by Crippen LogP contribution is -2.32. The van der Waals surface area contributed by atoms with Crippen LogP contribution in [0.3, 0.4) is 0 Å². The molecule has 2 aliphatic heterocycles. The van der Waals surface area contributed by atoms with Crippen LogP contribution in [0.25, 0.3) is 5.57 Å². The minimum atomic E-state index is -0.423. The van der Waals surface area contributed by atoms with Crippen LogP contribution in [0.5, 0.6) is 0 Å². The van der Waals surface area contributed by atoms with Gasteiger partial charge in [-0.05, 0) is 73.4 Å². The van der Waals surface area contributed by atoms with Gasteiger partial charge in [-0.1, -0.05) is 30.3 Å². The zero-order valence-corrected chi connectivity index (χ0v) is 18.7. The summed E-state index contributed by atoms with van der Waals surface area (Å²) >= 11 is 0. The fourth-order valence-corrected chi connectivity index (χ4v) is 4.49. The summed E-state index contributed by atoms with van der Waals surface area (Å²) in [7, 11) is 0. The Morgan fingerprint density at radius 1 is 0.735 bits per heavy atom. The second kappa shape index (κ2) is 9.24. The molecule has 2 amide bonds. The summed E-state index contributed by atoms with van der Waals surface area (Å²) in [5.74, 6) is -0.818. The van der Waals surface area contributed by atoms with Crippen LogP contribution in [0, 0.1) is 11.3 Å². The van der Waals surface area contributed by atoms with Gasteiger partial charge in [-0.2, -0.15) is 5.26 Å². The second-order valence-electron chi connectivity index (χ2n) is 8.44. The van der Waals surface area contributed by atoms with E-state index < -0.39 is 11.8 Å². The minimum Gasteiger partial charge on any atom is -0.372 e. The van der Waals surface area contributed by atoms with Crippen molar-refractivity contribution >= 4 is 34.4 Å². The number of rotatable bonds is 5. The highest BCUT2D eigenvalue weighted by molar-refractivity contribution is 6.46. The van der Waals surface area contributed by atoms with Crippen molar-refractivity contribution in [1.29, 1.82) is 5.26 Å².